The van der Waals surface area contributed by atoms with Gasteiger partial charge in [-0.1, -0.05) is 11.6 Å². The summed E-state index contributed by atoms with van der Waals surface area (Å²) in [4.78, 5) is 3.22. The molecule has 0 saturated heterocycles. The van der Waals surface area contributed by atoms with Crippen LogP contribution in [0.25, 0.3) is 11.1 Å². The lowest BCUT2D eigenvalue weighted by Gasteiger charge is -2.19. The molecular formula is C10H4ClF6NO. The highest BCUT2D eigenvalue weighted by atomic mass is 35.5. The van der Waals surface area contributed by atoms with Gasteiger partial charge in [0.05, 0.1) is 0 Å². The van der Waals surface area contributed by atoms with Crippen molar-refractivity contribution in [2.24, 2.45) is 0 Å². The van der Waals surface area contributed by atoms with Gasteiger partial charge in [0.2, 0.25) is 11.8 Å². The van der Waals surface area contributed by atoms with Crippen molar-refractivity contribution in [2.75, 3.05) is 0 Å². The van der Waals surface area contributed by atoms with Crippen LogP contribution in [0.3, 0.4) is 0 Å². The van der Waals surface area contributed by atoms with E-state index in [9.17, 15) is 26.3 Å². The molecule has 0 atom stereocenters. The van der Waals surface area contributed by atoms with E-state index in [1.165, 1.54) is 6.07 Å². The third-order valence-corrected chi connectivity index (χ3v) is 2.50. The summed E-state index contributed by atoms with van der Waals surface area (Å²) in [6.07, 6.45) is -11.1. The van der Waals surface area contributed by atoms with Crippen LogP contribution in [0, 0.1) is 0 Å². The molecule has 0 fully saturated rings. The lowest BCUT2D eigenvalue weighted by molar-refractivity contribution is -0.258. The Morgan fingerprint density at radius 3 is 2.16 bits per heavy atom. The molecule has 0 aliphatic carbocycles. The van der Waals surface area contributed by atoms with Crippen molar-refractivity contribution in [3.63, 3.8) is 0 Å². The molecule has 0 spiro atoms. The summed E-state index contributed by atoms with van der Waals surface area (Å²) >= 11 is 5.56. The number of rotatable bonds is 1. The van der Waals surface area contributed by atoms with Gasteiger partial charge in [-0.05, 0) is 18.2 Å². The maximum atomic E-state index is 12.5. The average molecular weight is 304 g/mol. The van der Waals surface area contributed by atoms with E-state index in [0.29, 0.717) is 0 Å². The molecule has 0 unspecified atom stereocenters. The van der Waals surface area contributed by atoms with Crippen molar-refractivity contribution < 1.29 is 30.8 Å². The largest absolute Gasteiger partial charge is 0.440 e. The van der Waals surface area contributed by atoms with Gasteiger partial charge in [0.15, 0.2) is 5.58 Å². The molecule has 1 aromatic carbocycles. The van der Waals surface area contributed by atoms with E-state index in [4.69, 9.17) is 11.6 Å². The lowest BCUT2D eigenvalue weighted by atomic mass is 10.1. The minimum Gasteiger partial charge on any atom is -0.440 e. The zero-order valence-corrected chi connectivity index (χ0v) is 9.57. The van der Waals surface area contributed by atoms with Gasteiger partial charge < -0.3 is 4.42 Å². The second kappa shape index (κ2) is 4.29. The van der Waals surface area contributed by atoms with Crippen LogP contribution in [0.15, 0.2) is 22.6 Å². The zero-order valence-electron chi connectivity index (χ0n) is 8.81. The molecule has 104 valence electrons. The standard InChI is InChI=1S/C10H4ClF6NO/c11-4-1-2-6-5(3-4)18-8(19-6)7(9(12,13)14)10(15,16)17/h1-3,7H. The highest BCUT2D eigenvalue weighted by Gasteiger charge is 2.60. The fourth-order valence-corrected chi connectivity index (χ4v) is 1.67. The van der Waals surface area contributed by atoms with E-state index >= 15 is 0 Å². The molecule has 0 saturated carbocycles. The molecule has 9 heteroatoms. The van der Waals surface area contributed by atoms with Crippen molar-refractivity contribution in [3.05, 3.63) is 29.1 Å². The minimum atomic E-state index is -5.54. The summed E-state index contributed by atoms with van der Waals surface area (Å²) in [6, 6.07) is 3.54. The van der Waals surface area contributed by atoms with Crippen molar-refractivity contribution in [1.82, 2.24) is 4.98 Å². The number of alkyl halides is 6. The predicted octanol–water partition coefficient (Wildman–Crippen LogP) is 4.69. The van der Waals surface area contributed by atoms with Gasteiger partial charge in [0, 0.05) is 5.02 Å². The molecular weight excluding hydrogens is 300 g/mol. The number of benzene rings is 1. The Labute approximate surface area is 107 Å². The smallest absolute Gasteiger partial charge is 0.409 e. The molecule has 0 N–H and O–H groups in total. The van der Waals surface area contributed by atoms with Crippen LogP contribution in [0.4, 0.5) is 26.3 Å². The number of hydrogen-bond acceptors (Lipinski definition) is 2. The van der Waals surface area contributed by atoms with E-state index in [1.54, 1.807) is 0 Å². The van der Waals surface area contributed by atoms with Gasteiger partial charge in [-0.2, -0.15) is 26.3 Å². The second-order valence-electron chi connectivity index (χ2n) is 3.68. The van der Waals surface area contributed by atoms with Gasteiger partial charge in [-0.3, -0.25) is 0 Å². The van der Waals surface area contributed by atoms with Crippen LogP contribution in [0.5, 0.6) is 0 Å². The lowest BCUT2D eigenvalue weighted by Crippen LogP contribution is -2.34. The van der Waals surface area contributed by atoms with E-state index in [1.807, 2.05) is 0 Å². The Hall–Kier alpha value is -1.44. The third kappa shape index (κ3) is 2.78. The third-order valence-electron chi connectivity index (χ3n) is 2.27. The van der Waals surface area contributed by atoms with Gasteiger partial charge in [-0.15, -0.1) is 0 Å². The first-order valence-electron chi connectivity index (χ1n) is 4.78. The maximum absolute atomic E-state index is 12.5. The van der Waals surface area contributed by atoms with Crippen LogP contribution in [0.2, 0.25) is 5.02 Å². The first kappa shape index (κ1) is 14.0. The molecule has 0 amide bonds. The molecule has 19 heavy (non-hydrogen) atoms. The fraction of sp³-hybridized carbons (Fsp3) is 0.300. The van der Waals surface area contributed by atoms with Gasteiger partial charge >= 0.3 is 12.4 Å². The number of oxazole rings is 1. The molecule has 1 aromatic heterocycles. The van der Waals surface area contributed by atoms with Crippen molar-refractivity contribution in [2.45, 2.75) is 18.3 Å². The topological polar surface area (TPSA) is 26.0 Å². The second-order valence-corrected chi connectivity index (χ2v) is 4.12. The molecule has 2 aromatic rings. The number of halogens is 7. The van der Waals surface area contributed by atoms with E-state index in [2.05, 4.69) is 9.40 Å². The number of aromatic nitrogens is 1. The molecule has 1 heterocycles. The monoisotopic (exact) mass is 303 g/mol. The summed E-state index contributed by atoms with van der Waals surface area (Å²) in [5.41, 5.74) is -0.362. The Bertz CT molecular complexity index is 588. The van der Waals surface area contributed by atoms with Crippen molar-refractivity contribution in [1.29, 1.82) is 0 Å². The average Bonchev–Trinajstić information content (AvgIpc) is 2.54. The number of fused-ring (bicyclic) bond motifs is 1. The molecule has 0 aliphatic rings. The molecule has 0 radical (unpaired) electrons. The zero-order chi connectivity index (χ0) is 14.4. The Morgan fingerprint density at radius 2 is 1.63 bits per heavy atom. The normalized spacial score (nSPS) is 13.5. The van der Waals surface area contributed by atoms with E-state index in [0.717, 1.165) is 12.1 Å². The van der Waals surface area contributed by atoms with Crippen LogP contribution in [0.1, 0.15) is 11.8 Å². The highest BCUT2D eigenvalue weighted by Crippen LogP contribution is 2.46. The Balaban J connectivity index is 2.57. The maximum Gasteiger partial charge on any atom is 0.409 e. The van der Waals surface area contributed by atoms with Gasteiger partial charge in [-0.25, -0.2) is 4.98 Å². The number of hydrogen-bond donors (Lipinski definition) is 0. The summed E-state index contributed by atoms with van der Waals surface area (Å²) in [7, 11) is 0. The van der Waals surface area contributed by atoms with E-state index in [-0.39, 0.29) is 16.1 Å². The van der Waals surface area contributed by atoms with Crippen LogP contribution in [-0.2, 0) is 0 Å². The Morgan fingerprint density at radius 1 is 1.05 bits per heavy atom. The first-order valence-corrected chi connectivity index (χ1v) is 5.16. The molecule has 2 rings (SSSR count). The summed E-state index contributed by atoms with van der Waals surface area (Å²) in [5, 5.41) is 0.128. The molecule has 0 aliphatic heterocycles. The minimum absolute atomic E-state index is 0.128. The van der Waals surface area contributed by atoms with Crippen molar-refractivity contribution >= 4 is 22.7 Å². The van der Waals surface area contributed by atoms with Crippen molar-refractivity contribution in [3.8, 4) is 0 Å². The van der Waals surface area contributed by atoms with Crippen LogP contribution >= 0.6 is 11.6 Å². The van der Waals surface area contributed by atoms with Gasteiger partial charge in [0.25, 0.3) is 0 Å². The molecule has 0 bridgehead atoms. The Kier molecular flexibility index (Phi) is 3.16. The van der Waals surface area contributed by atoms with Crippen LogP contribution < -0.4 is 0 Å². The fourth-order valence-electron chi connectivity index (χ4n) is 1.51. The van der Waals surface area contributed by atoms with E-state index < -0.39 is 24.2 Å². The molecule has 2 nitrogen and oxygen atoms in total. The predicted molar refractivity (Wildman–Crippen MR) is 53.9 cm³/mol. The van der Waals surface area contributed by atoms with Gasteiger partial charge in [0.1, 0.15) is 5.52 Å². The SMILES string of the molecule is FC(F)(F)C(c1nc2cc(Cl)ccc2o1)C(F)(F)F. The first-order chi connectivity index (χ1) is 8.59. The summed E-state index contributed by atoms with van der Waals surface area (Å²) in [6.45, 7) is 0. The summed E-state index contributed by atoms with van der Waals surface area (Å²) in [5.74, 6) is -5.21. The quantitative estimate of drug-likeness (QED) is 0.714. The highest BCUT2D eigenvalue weighted by molar-refractivity contribution is 6.31. The van der Waals surface area contributed by atoms with Crippen LogP contribution in [-0.4, -0.2) is 17.3 Å². The summed E-state index contributed by atoms with van der Waals surface area (Å²) < 4.78 is 79.3. The number of nitrogens with zero attached hydrogens (tertiary/aromatic N) is 1.